The van der Waals surface area contributed by atoms with E-state index in [9.17, 15) is 0 Å². The molecule has 1 aromatic carbocycles. The fourth-order valence-corrected chi connectivity index (χ4v) is 2.73. The maximum Gasteiger partial charge on any atom is 0.118 e. The molecule has 1 aliphatic rings. The summed E-state index contributed by atoms with van der Waals surface area (Å²) < 4.78 is 5.16. The Balaban J connectivity index is 2.03. The highest BCUT2D eigenvalue weighted by Crippen LogP contribution is 2.21. The highest BCUT2D eigenvalue weighted by Gasteiger charge is 2.24. The van der Waals surface area contributed by atoms with Gasteiger partial charge in [0.25, 0.3) is 0 Å². The quantitative estimate of drug-likeness (QED) is 0.847. The maximum absolute atomic E-state index is 5.83. The topological polar surface area (TPSA) is 38.5 Å². The Kier molecular flexibility index (Phi) is 4.55. The van der Waals surface area contributed by atoms with Crippen LogP contribution < -0.4 is 10.5 Å². The van der Waals surface area contributed by atoms with Crippen molar-refractivity contribution >= 4 is 17.2 Å². The molecule has 18 heavy (non-hydrogen) atoms. The first kappa shape index (κ1) is 13.3. The monoisotopic (exact) mass is 264 g/mol. The number of benzene rings is 1. The molecule has 2 N–H and O–H groups in total. The molecule has 0 aromatic heterocycles. The number of hydrogen-bond donors (Lipinski definition) is 1. The van der Waals surface area contributed by atoms with E-state index in [1.54, 1.807) is 7.11 Å². The van der Waals surface area contributed by atoms with Gasteiger partial charge in [-0.15, -0.1) is 0 Å². The van der Waals surface area contributed by atoms with Gasteiger partial charge in [-0.2, -0.15) is 0 Å². The van der Waals surface area contributed by atoms with E-state index < -0.39 is 0 Å². The molecule has 0 saturated carbocycles. The van der Waals surface area contributed by atoms with Gasteiger partial charge in [-0.1, -0.05) is 30.8 Å². The number of hydrogen-bond acceptors (Lipinski definition) is 3. The van der Waals surface area contributed by atoms with Crippen molar-refractivity contribution in [3.63, 3.8) is 0 Å². The van der Waals surface area contributed by atoms with Crippen molar-refractivity contribution in [1.82, 2.24) is 4.90 Å². The lowest BCUT2D eigenvalue weighted by Gasteiger charge is -2.35. The van der Waals surface area contributed by atoms with Crippen LogP contribution in [0.5, 0.6) is 5.75 Å². The molecule has 2 rings (SSSR count). The molecular formula is C14H20N2OS. The van der Waals surface area contributed by atoms with Crippen molar-refractivity contribution in [2.45, 2.75) is 31.8 Å². The molecule has 0 bridgehead atoms. The number of piperidine rings is 1. The third kappa shape index (κ3) is 3.21. The van der Waals surface area contributed by atoms with E-state index >= 15 is 0 Å². The Morgan fingerprint density at radius 1 is 1.39 bits per heavy atom. The summed E-state index contributed by atoms with van der Waals surface area (Å²) in [6, 6.07) is 8.45. The SMILES string of the molecule is COc1ccc(CN2CCCCC2C(N)=S)cc1. The van der Waals surface area contributed by atoms with Gasteiger partial charge >= 0.3 is 0 Å². The lowest BCUT2D eigenvalue weighted by Crippen LogP contribution is -2.46. The minimum absolute atomic E-state index is 0.260. The zero-order chi connectivity index (χ0) is 13.0. The van der Waals surface area contributed by atoms with Crippen LogP contribution in [0.15, 0.2) is 24.3 Å². The molecule has 98 valence electrons. The Morgan fingerprint density at radius 3 is 2.72 bits per heavy atom. The second-order valence-electron chi connectivity index (χ2n) is 4.73. The van der Waals surface area contributed by atoms with Gasteiger partial charge in [0.1, 0.15) is 5.75 Å². The first-order valence-corrected chi connectivity index (χ1v) is 6.78. The molecule has 1 heterocycles. The molecule has 0 radical (unpaired) electrons. The second-order valence-corrected chi connectivity index (χ2v) is 5.20. The third-order valence-corrected chi connectivity index (χ3v) is 3.76. The molecule has 0 aliphatic carbocycles. The summed E-state index contributed by atoms with van der Waals surface area (Å²) in [7, 11) is 1.68. The van der Waals surface area contributed by atoms with Gasteiger partial charge in [0, 0.05) is 6.54 Å². The van der Waals surface area contributed by atoms with Crippen LogP contribution in [0.4, 0.5) is 0 Å². The fourth-order valence-electron chi connectivity index (χ4n) is 2.47. The van der Waals surface area contributed by atoms with E-state index in [1.807, 2.05) is 12.1 Å². The van der Waals surface area contributed by atoms with Crippen molar-refractivity contribution in [2.24, 2.45) is 5.73 Å². The van der Waals surface area contributed by atoms with Gasteiger partial charge in [0.15, 0.2) is 0 Å². The molecule has 1 saturated heterocycles. The summed E-state index contributed by atoms with van der Waals surface area (Å²) in [5.41, 5.74) is 7.10. The number of nitrogens with zero attached hydrogens (tertiary/aromatic N) is 1. The van der Waals surface area contributed by atoms with E-state index in [1.165, 1.54) is 18.4 Å². The Bertz CT molecular complexity index is 405. The van der Waals surface area contributed by atoms with Crippen LogP contribution in [0.25, 0.3) is 0 Å². The average Bonchev–Trinajstić information content (AvgIpc) is 2.40. The number of likely N-dealkylation sites (tertiary alicyclic amines) is 1. The second kappa shape index (κ2) is 6.16. The van der Waals surface area contributed by atoms with Gasteiger partial charge in [-0.25, -0.2) is 0 Å². The van der Waals surface area contributed by atoms with Gasteiger partial charge in [-0.3, -0.25) is 4.90 Å². The lowest BCUT2D eigenvalue weighted by atomic mass is 10.0. The highest BCUT2D eigenvalue weighted by molar-refractivity contribution is 7.80. The van der Waals surface area contributed by atoms with Gasteiger partial charge in [0.2, 0.25) is 0 Å². The molecular weight excluding hydrogens is 244 g/mol. The first-order chi connectivity index (χ1) is 8.70. The Labute approximate surface area is 114 Å². The molecule has 4 heteroatoms. The van der Waals surface area contributed by atoms with E-state index in [0.717, 1.165) is 25.3 Å². The normalized spacial score (nSPS) is 20.6. The summed E-state index contributed by atoms with van der Waals surface area (Å²) in [6.45, 7) is 1.99. The molecule has 1 atom stereocenters. The third-order valence-electron chi connectivity index (χ3n) is 3.49. The van der Waals surface area contributed by atoms with Crippen LogP contribution >= 0.6 is 12.2 Å². The number of nitrogens with two attached hydrogens (primary N) is 1. The smallest absolute Gasteiger partial charge is 0.118 e. The van der Waals surface area contributed by atoms with E-state index in [4.69, 9.17) is 22.7 Å². The van der Waals surface area contributed by atoms with Crippen molar-refractivity contribution < 1.29 is 4.74 Å². The fraction of sp³-hybridized carbons (Fsp3) is 0.500. The average molecular weight is 264 g/mol. The van der Waals surface area contributed by atoms with Crippen molar-refractivity contribution in [3.8, 4) is 5.75 Å². The van der Waals surface area contributed by atoms with Crippen LogP contribution in [0.3, 0.4) is 0 Å². The number of thiocarbonyl (C=S) groups is 1. The molecule has 1 aliphatic heterocycles. The Morgan fingerprint density at radius 2 is 2.11 bits per heavy atom. The predicted molar refractivity (Wildman–Crippen MR) is 77.8 cm³/mol. The van der Waals surface area contributed by atoms with Gasteiger partial charge < -0.3 is 10.5 Å². The van der Waals surface area contributed by atoms with Crippen LogP contribution in [0.2, 0.25) is 0 Å². The highest BCUT2D eigenvalue weighted by atomic mass is 32.1. The Hall–Kier alpha value is -1.13. The van der Waals surface area contributed by atoms with Crippen LogP contribution in [-0.4, -0.2) is 29.6 Å². The van der Waals surface area contributed by atoms with E-state index in [0.29, 0.717) is 4.99 Å². The predicted octanol–water partition coefficient (Wildman–Crippen LogP) is 2.34. The van der Waals surface area contributed by atoms with Gasteiger partial charge in [-0.05, 0) is 37.1 Å². The van der Waals surface area contributed by atoms with Crippen LogP contribution in [0, 0.1) is 0 Å². The summed E-state index contributed by atoms with van der Waals surface area (Å²) in [5.74, 6) is 0.892. The maximum atomic E-state index is 5.83. The van der Waals surface area contributed by atoms with E-state index in [-0.39, 0.29) is 6.04 Å². The molecule has 3 nitrogen and oxygen atoms in total. The number of rotatable bonds is 4. The number of methoxy groups -OCH3 is 1. The van der Waals surface area contributed by atoms with Crippen molar-refractivity contribution in [3.05, 3.63) is 29.8 Å². The van der Waals surface area contributed by atoms with Crippen LogP contribution in [-0.2, 0) is 6.54 Å². The van der Waals surface area contributed by atoms with Gasteiger partial charge in [0.05, 0.1) is 18.1 Å². The molecule has 0 spiro atoms. The zero-order valence-corrected chi connectivity index (χ0v) is 11.6. The van der Waals surface area contributed by atoms with Crippen molar-refractivity contribution in [1.29, 1.82) is 0 Å². The molecule has 1 fully saturated rings. The minimum Gasteiger partial charge on any atom is -0.497 e. The minimum atomic E-state index is 0.260. The molecule has 1 unspecified atom stereocenters. The lowest BCUT2D eigenvalue weighted by molar-refractivity contribution is 0.184. The largest absolute Gasteiger partial charge is 0.497 e. The standard InChI is InChI=1S/C14H20N2OS/c1-17-12-7-5-11(6-8-12)10-16-9-3-2-4-13(16)14(15)18/h5-8,13H,2-4,9-10H2,1H3,(H2,15,18). The molecule has 0 amide bonds. The zero-order valence-electron chi connectivity index (χ0n) is 10.8. The summed E-state index contributed by atoms with van der Waals surface area (Å²) >= 11 is 5.16. The number of ether oxygens (including phenoxy) is 1. The first-order valence-electron chi connectivity index (χ1n) is 6.37. The summed E-state index contributed by atoms with van der Waals surface area (Å²) in [6.07, 6.45) is 3.54. The summed E-state index contributed by atoms with van der Waals surface area (Å²) in [5, 5.41) is 0. The summed E-state index contributed by atoms with van der Waals surface area (Å²) in [4.78, 5) is 3.01. The molecule has 1 aromatic rings. The van der Waals surface area contributed by atoms with E-state index in [2.05, 4.69) is 17.0 Å². The van der Waals surface area contributed by atoms with Crippen LogP contribution in [0.1, 0.15) is 24.8 Å². The van der Waals surface area contributed by atoms with Crippen molar-refractivity contribution in [2.75, 3.05) is 13.7 Å².